The van der Waals surface area contributed by atoms with Gasteiger partial charge in [-0.3, -0.25) is 0 Å². The minimum Gasteiger partial charge on any atom is -0.327 e. The van der Waals surface area contributed by atoms with Crippen molar-refractivity contribution in [2.45, 2.75) is 68.4 Å². The van der Waals surface area contributed by atoms with Crippen LogP contribution in [0.15, 0.2) is 0 Å². The van der Waals surface area contributed by atoms with Crippen molar-refractivity contribution in [2.75, 3.05) is 0 Å². The molecule has 0 aliphatic heterocycles. The fourth-order valence-corrected chi connectivity index (χ4v) is 6.01. The lowest BCUT2D eigenvalue weighted by molar-refractivity contribution is 0.461. The minimum absolute atomic E-state index is 0.0704. The lowest BCUT2D eigenvalue weighted by Crippen LogP contribution is -2.38. The van der Waals surface area contributed by atoms with E-state index in [1.807, 2.05) is 6.92 Å². The van der Waals surface area contributed by atoms with E-state index < -0.39 is 9.84 Å². The average molecular weight is 245 g/mol. The Morgan fingerprint density at radius 2 is 1.62 bits per heavy atom. The monoisotopic (exact) mass is 245 g/mol. The summed E-state index contributed by atoms with van der Waals surface area (Å²) in [5.74, 6) is 0.145. The van der Waals surface area contributed by atoms with Gasteiger partial charge in [0.1, 0.15) is 0 Å². The van der Waals surface area contributed by atoms with Crippen LogP contribution in [0.2, 0.25) is 0 Å². The number of hydrogen-bond donors (Lipinski definition) is 1. The van der Waals surface area contributed by atoms with Crippen LogP contribution in [0.3, 0.4) is 0 Å². The smallest absolute Gasteiger partial charge is 0.156 e. The normalized spacial score (nSPS) is 37.8. The molecule has 0 aromatic carbocycles. The number of hydrogen-bond acceptors (Lipinski definition) is 3. The van der Waals surface area contributed by atoms with Gasteiger partial charge >= 0.3 is 0 Å². The summed E-state index contributed by atoms with van der Waals surface area (Å²) in [6, 6.07) is 0.0864. The maximum Gasteiger partial charge on any atom is 0.156 e. The molecule has 4 heteroatoms. The molecule has 3 atom stereocenters. The van der Waals surface area contributed by atoms with Crippen molar-refractivity contribution in [1.29, 1.82) is 0 Å². The van der Waals surface area contributed by atoms with Gasteiger partial charge in [-0.05, 0) is 31.6 Å². The highest BCUT2D eigenvalue weighted by molar-refractivity contribution is 7.92. The van der Waals surface area contributed by atoms with Gasteiger partial charge < -0.3 is 5.73 Å². The summed E-state index contributed by atoms with van der Waals surface area (Å²) in [7, 11) is -2.92. The zero-order valence-electron chi connectivity index (χ0n) is 10.1. The van der Waals surface area contributed by atoms with Crippen LogP contribution in [-0.2, 0) is 9.84 Å². The van der Waals surface area contributed by atoms with Crippen LogP contribution in [0.1, 0.15) is 51.9 Å². The van der Waals surface area contributed by atoms with Gasteiger partial charge in [0, 0.05) is 6.04 Å². The highest BCUT2D eigenvalue weighted by Gasteiger charge is 2.42. The van der Waals surface area contributed by atoms with E-state index in [0.29, 0.717) is 0 Å². The second-order valence-electron chi connectivity index (χ2n) is 5.49. The molecule has 0 radical (unpaired) electrons. The second kappa shape index (κ2) is 4.65. The standard InChI is InChI=1S/C12H23NO2S/c1-9-11(13)7-8-12(9)16(14,15)10-5-3-2-4-6-10/h9-12H,2-8,13H2,1H3. The van der Waals surface area contributed by atoms with Crippen LogP contribution in [-0.4, -0.2) is 25.0 Å². The first-order valence-electron chi connectivity index (χ1n) is 6.52. The van der Waals surface area contributed by atoms with E-state index in [1.54, 1.807) is 0 Å². The molecule has 2 saturated carbocycles. The summed E-state index contributed by atoms with van der Waals surface area (Å²) in [6.07, 6.45) is 6.76. The zero-order chi connectivity index (χ0) is 11.8. The molecule has 0 aromatic heterocycles. The molecular weight excluding hydrogens is 222 g/mol. The first kappa shape index (κ1) is 12.4. The quantitative estimate of drug-likeness (QED) is 0.808. The fraction of sp³-hybridized carbons (Fsp3) is 1.00. The fourth-order valence-electron chi connectivity index (χ4n) is 3.26. The van der Waals surface area contributed by atoms with Gasteiger partial charge in [-0.2, -0.15) is 0 Å². The first-order valence-corrected chi connectivity index (χ1v) is 8.12. The minimum atomic E-state index is -2.92. The molecule has 0 bridgehead atoms. The van der Waals surface area contributed by atoms with Crippen LogP contribution in [0.4, 0.5) is 0 Å². The molecule has 2 rings (SSSR count). The van der Waals surface area contributed by atoms with Gasteiger partial charge in [-0.25, -0.2) is 8.42 Å². The Morgan fingerprint density at radius 1 is 1.00 bits per heavy atom. The van der Waals surface area contributed by atoms with Gasteiger partial charge in [0.2, 0.25) is 0 Å². The van der Waals surface area contributed by atoms with Gasteiger partial charge in [-0.1, -0.05) is 26.2 Å². The van der Waals surface area contributed by atoms with Crippen LogP contribution < -0.4 is 5.73 Å². The largest absolute Gasteiger partial charge is 0.327 e. The van der Waals surface area contributed by atoms with E-state index >= 15 is 0 Å². The molecule has 2 N–H and O–H groups in total. The second-order valence-corrected chi connectivity index (χ2v) is 7.94. The van der Waals surface area contributed by atoms with Crippen molar-refractivity contribution in [3.63, 3.8) is 0 Å². The van der Waals surface area contributed by atoms with E-state index in [2.05, 4.69) is 0 Å². The van der Waals surface area contributed by atoms with Crippen LogP contribution >= 0.6 is 0 Å². The predicted octanol–water partition coefficient (Wildman–Crippen LogP) is 1.86. The third-order valence-corrected chi connectivity index (χ3v) is 7.39. The molecule has 0 amide bonds. The molecule has 3 nitrogen and oxygen atoms in total. The van der Waals surface area contributed by atoms with E-state index in [4.69, 9.17) is 5.73 Å². The molecule has 2 aliphatic rings. The van der Waals surface area contributed by atoms with Gasteiger partial charge in [0.05, 0.1) is 10.5 Å². The van der Waals surface area contributed by atoms with E-state index in [1.165, 1.54) is 6.42 Å². The van der Waals surface area contributed by atoms with Crippen LogP contribution in [0, 0.1) is 5.92 Å². The molecule has 2 aliphatic carbocycles. The molecule has 2 fully saturated rings. The van der Waals surface area contributed by atoms with E-state index in [0.717, 1.165) is 38.5 Å². The lowest BCUT2D eigenvalue weighted by Gasteiger charge is -2.27. The molecule has 3 unspecified atom stereocenters. The molecule has 0 saturated heterocycles. The van der Waals surface area contributed by atoms with Crippen molar-refractivity contribution in [3.05, 3.63) is 0 Å². The predicted molar refractivity (Wildman–Crippen MR) is 66.0 cm³/mol. The van der Waals surface area contributed by atoms with E-state index in [9.17, 15) is 8.42 Å². The van der Waals surface area contributed by atoms with E-state index in [-0.39, 0.29) is 22.5 Å². The molecule has 0 spiro atoms. The Bertz CT molecular complexity index is 333. The van der Waals surface area contributed by atoms with Crippen LogP contribution in [0.5, 0.6) is 0 Å². The lowest BCUT2D eigenvalue weighted by atomic mass is 10.0. The Balaban J connectivity index is 2.12. The van der Waals surface area contributed by atoms with Crippen molar-refractivity contribution >= 4 is 9.84 Å². The van der Waals surface area contributed by atoms with Crippen molar-refractivity contribution in [2.24, 2.45) is 11.7 Å². The molecule has 94 valence electrons. The van der Waals surface area contributed by atoms with Crippen molar-refractivity contribution < 1.29 is 8.42 Å². The summed E-state index contributed by atoms with van der Waals surface area (Å²) in [5, 5.41) is -0.232. The highest BCUT2D eigenvalue weighted by Crippen LogP contribution is 2.35. The average Bonchev–Trinajstić information content (AvgIpc) is 2.61. The number of rotatable bonds is 2. The molecule has 0 heterocycles. The number of nitrogens with two attached hydrogens (primary N) is 1. The third kappa shape index (κ3) is 2.14. The summed E-state index contributed by atoms with van der Waals surface area (Å²) < 4.78 is 25.0. The summed E-state index contributed by atoms with van der Waals surface area (Å²) in [4.78, 5) is 0. The molecule has 0 aromatic rings. The first-order chi connectivity index (χ1) is 7.53. The van der Waals surface area contributed by atoms with Gasteiger partial charge in [0.25, 0.3) is 0 Å². The van der Waals surface area contributed by atoms with Crippen molar-refractivity contribution in [1.82, 2.24) is 0 Å². The Morgan fingerprint density at radius 3 is 2.12 bits per heavy atom. The Kier molecular flexibility index (Phi) is 3.59. The summed E-state index contributed by atoms with van der Waals surface area (Å²) >= 11 is 0. The third-order valence-electron chi connectivity index (χ3n) is 4.49. The molecular formula is C12H23NO2S. The number of sulfone groups is 1. The van der Waals surface area contributed by atoms with Crippen LogP contribution in [0.25, 0.3) is 0 Å². The summed E-state index contributed by atoms with van der Waals surface area (Å²) in [6.45, 7) is 2.00. The van der Waals surface area contributed by atoms with Crippen molar-refractivity contribution in [3.8, 4) is 0 Å². The Hall–Kier alpha value is -0.0900. The maximum absolute atomic E-state index is 12.5. The summed E-state index contributed by atoms with van der Waals surface area (Å²) in [5.41, 5.74) is 5.93. The van der Waals surface area contributed by atoms with Gasteiger partial charge in [-0.15, -0.1) is 0 Å². The van der Waals surface area contributed by atoms with Gasteiger partial charge in [0.15, 0.2) is 9.84 Å². The zero-order valence-corrected chi connectivity index (χ0v) is 10.9. The Labute approximate surface area is 98.7 Å². The highest BCUT2D eigenvalue weighted by atomic mass is 32.2. The molecule has 16 heavy (non-hydrogen) atoms. The topological polar surface area (TPSA) is 60.2 Å². The SMILES string of the molecule is CC1C(N)CCC1S(=O)(=O)C1CCCCC1. The maximum atomic E-state index is 12.5.